The van der Waals surface area contributed by atoms with Crippen LogP contribution < -0.4 is 0 Å². The molecule has 2 unspecified atom stereocenters. The predicted octanol–water partition coefficient (Wildman–Crippen LogP) is 1.50. The van der Waals surface area contributed by atoms with E-state index in [4.69, 9.17) is 14.2 Å². The zero-order valence-electron chi connectivity index (χ0n) is 10.7. The van der Waals surface area contributed by atoms with E-state index in [0.29, 0.717) is 19.3 Å². The molecule has 2 aliphatic rings. The van der Waals surface area contributed by atoms with Crippen molar-refractivity contribution < 1.29 is 19.3 Å². The first kappa shape index (κ1) is 13.3. The molecule has 0 aromatic heterocycles. The number of methoxy groups -OCH3 is 1. The number of aliphatic hydroxyl groups is 1. The van der Waals surface area contributed by atoms with E-state index in [-0.39, 0.29) is 0 Å². The number of hydrogen-bond acceptors (Lipinski definition) is 4. The summed E-state index contributed by atoms with van der Waals surface area (Å²) in [6, 6.07) is 0. The quantitative estimate of drug-likeness (QED) is 0.796. The van der Waals surface area contributed by atoms with E-state index in [1.807, 2.05) is 0 Å². The lowest BCUT2D eigenvalue weighted by molar-refractivity contribution is -0.155. The maximum atomic E-state index is 10.3. The topological polar surface area (TPSA) is 47.9 Å². The SMILES string of the molecule is COC1(C(O)CCC2CCCO2)CCOCC1. The van der Waals surface area contributed by atoms with Gasteiger partial charge in [0.15, 0.2) is 0 Å². The van der Waals surface area contributed by atoms with Gasteiger partial charge in [-0.3, -0.25) is 0 Å². The molecule has 0 aromatic carbocycles. The maximum absolute atomic E-state index is 10.3. The molecule has 1 N–H and O–H groups in total. The smallest absolute Gasteiger partial charge is 0.0980 e. The molecule has 17 heavy (non-hydrogen) atoms. The Morgan fingerprint density at radius 3 is 2.71 bits per heavy atom. The Balaban J connectivity index is 1.81. The van der Waals surface area contributed by atoms with Gasteiger partial charge in [0.2, 0.25) is 0 Å². The lowest BCUT2D eigenvalue weighted by Crippen LogP contribution is -2.48. The van der Waals surface area contributed by atoms with Crippen molar-refractivity contribution in [2.45, 2.75) is 56.3 Å². The summed E-state index contributed by atoms with van der Waals surface area (Å²) in [6.07, 6.45) is 5.51. The second kappa shape index (κ2) is 6.14. The molecule has 0 saturated carbocycles. The lowest BCUT2D eigenvalue weighted by atomic mass is 9.85. The van der Waals surface area contributed by atoms with Crippen LogP contribution in [0.3, 0.4) is 0 Å². The highest BCUT2D eigenvalue weighted by Gasteiger charge is 2.39. The van der Waals surface area contributed by atoms with Crippen molar-refractivity contribution in [3.8, 4) is 0 Å². The van der Waals surface area contributed by atoms with Crippen molar-refractivity contribution in [3.05, 3.63) is 0 Å². The Bertz CT molecular complexity index is 219. The first-order chi connectivity index (χ1) is 8.27. The van der Waals surface area contributed by atoms with Crippen LogP contribution in [-0.4, -0.2) is 49.8 Å². The zero-order valence-corrected chi connectivity index (χ0v) is 10.7. The molecule has 2 rings (SSSR count). The third kappa shape index (κ3) is 3.19. The summed E-state index contributed by atoms with van der Waals surface area (Å²) in [7, 11) is 1.70. The van der Waals surface area contributed by atoms with Crippen molar-refractivity contribution in [2.24, 2.45) is 0 Å². The maximum Gasteiger partial charge on any atom is 0.0980 e. The van der Waals surface area contributed by atoms with E-state index in [9.17, 15) is 5.11 Å². The predicted molar refractivity (Wildman–Crippen MR) is 64.0 cm³/mol. The van der Waals surface area contributed by atoms with Crippen LogP contribution in [0.2, 0.25) is 0 Å². The molecule has 2 heterocycles. The summed E-state index contributed by atoms with van der Waals surface area (Å²) in [5.41, 5.74) is -0.392. The van der Waals surface area contributed by atoms with Crippen LogP contribution in [0.5, 0.6) is 0 Å². The Morgan fingerprint density at radius 2 is 2.12 bits per heavy atom. The number of aliphatic hydroxyl groups excluding tert-OH is 1. The van der Waals surface area contributed by atoms with Gasteiger partial charge in [0.25, 0.3) is 0 Å². The third-order valence-electron chi connectivity index (χ3n) is 4.14. The Hall–Kier alpha value is -0.160. The van der Waals surface area contributed by atoms with Gasteiger partial charge in [0.1, 0.15) is 0 Å². The van der Waals surface area contributed by atoms with Gasteiger partial charge in [0.05, 0.1) is 17.8 Å². The van der Waals surface area contributed by atoms with Crippen LogP contribution in [0.25, 0.3) is 0 Å². The summed E-state index contributed by atoms with van der Waals surface area (Å²) >= 11 is 0. The van der Waals surface area contributed by atoms with E-state index in [1.54, 1.807) is 7.11 Å². The summed E-state index contributed by atoms with van der Waals surface area (Å²) in [6.45, 7) is 2.25. The molecule has 2 aliphatic heterocycles. The van der Waals surface area contributed by atoms with Crippen molar-refractivity contribution in [2.75, 3.05) is 26.9 Å². The molecule has 0 spiro atoms. The van der Waals surface area contributed by atoms with E-state index < -0.39 is 11.7 Å². The fourth-order valence-corrected chi connectivity index (χ4v) is 2.87. The molecular formula is C13H24O4. The van der Waals surface area contributed by atoms with Gasteiger partial charge in [-0.25, -0.2) is 0 Å². The molecule has 0 bridgehead atoms. The molecule has 2 fully saturated rings. The molecule has 100 valence electrons. The first-order valence-corrected chi connectivity index (χ1v) is 6.69. The number of rotatable bonds is 5. The highest BCUT2D eigenvalue weighted by atomic mass is 16.5. The van der Waals surface area contributed by atoms with Crippen molar-refractivity contribution in [3.63, 3.8) is 0 Å². The standard InChI is InChI=1S/C13H24O4/c1-15-13(6-9-16-10-7-13)12(14)5-4-11-3-2-8-17-11/h11-12,14H,2-10H2,1H3. The van der Waals surface area contributed by atoms with Crippen molar-refractivity contribution in [1.82, 2.24) is 0 Å². The average molecular weight is 244 g/mol. The van der Waals surface area contributed by atoms with Gasteiger partial charge >= 0.3 is 0 Å². The van der Waals surface area contributed by atoms with Crippen molar-refractivity contribution in [1.29, 1.82) is 0 Å². The molecule has 0 amide bonds. The monoisotopic (exact) mass is 244 g/mol. The van der Waals surface area contributed by atoms with Gasteiger partial charge < -0.3 is 19.3 Å². The summed E-state index contributed by atoms with van der Waals surface area (Å²) < 4.78 is 16.5. The second-order valence-corrected chi connectivity index (χ2v) is 5.11. The Labute approximate surface area is 103 Å². The number of ether oxygens (including phenoxy) is 3. The fourth-order valence-electron chi connectivity index (χ4n) is 2.87. The highest BCUT2D eigenvalue weighted by molar-refractivity contribution is 4.90. The van der Waals surface area contributed by atoms with Crippen LogP contribution in [0.1, 0.15) is 38.5 Å². The Kier molecular flexibility index (Phi) is 4.79. The minimum Gasteiger partial charge on any atom is -0.390 e. The second-order valence-electron chi connectivity index (χ2n) is 5.11. The average Bonchev–Trinajstić information content (AvgIpc) is 2.90. The van der Waals surface area contributed by atoms with Crippen LogP contribution in [0, 0.1) is 0 Å². The fraction of sp³-hybridized carbons (Fsp3) is 1.00. The van der Waals surface area contributed by atoms with Gasteiger partial charge in [-0.2, -0.15) is 0 Å². The van der Waals surface area contributed by atoms with Crippen LogP contribution in [0.15, 0.2) is 0 Å². The molecule has 2 saturated heterocycles. The van der Waals surface area contributed by atoms with E-state index >= 15 is 0 Å². The first-order valence-electron chi connectivity index (χ1n) is 6.69. The highest BCUT2D eigenvalue weighted by Crippen LogP contribution is 2.31. The van der Waals surface area contributed by atoms with Crippen LogP contribution in [-0.2, 0) is 14.2 Å². The normalized spacial score (nSPS) is 30.4. The van der Waals surface area contributed by atoms with E-state index in [0.717, 1.165) is 45.1 Å². The van der Waals surface area contributed by atoms with E-state index in [2.05, 4.69) is 0 Å². The van der Waals surface area contributed by atoms with Gasteiger partial charge in [0, 0.05) is 39.8 Å². The zero-order chi connectivity index (χ0) is 12.1. The molecule has 2 atom stereocenters. The van der Waals surface area contributed by atoms with Crippen LogP contribution in [0.4, 0.5) is 0 Å². The largest absolute Gasteiger partial charge is 0.390 e. The molecule has 0 aliphatic carbocycles. The minimum atomic E-state index is -0.402. The molecular weight excluding hydrogens is 220 g/mol. The summed E-state index contributed by atoms with van der Waals surface area (Å²) in [5.74, 6) is 0. The Morgan fingerprint density at radius 1 is 1.35 bits per heavy atom. The van der Waals surface area contributed by atoms with Gasteiger partial charge in [-0.05, 0) is 25.7 Å². The molecule has 0 aromatic rings. The van der Waals surface area contributed by atoms with Gasteiger partial charge in [-0.15, -0.1) is 0 Å². The summed E-state index contributed by atoms with van der Waals surface area (Å²) in [4.78, 5) is 0. The lowest BCUT2D eigenvalue weighted by Gasteiger charge is -2.40. The molecule has 4 nitrogen and oxygen atoms in total. The van der Waals surface area contributed by atoms with Crippen molar-refractivity contribution >= 4 is 0 Å². The third-order valence-corrected chi connectivity index (χ3v) is 4.14. The minimum absolute atomic E-state index is 0.346. The van der Waals surface area contributed by atoms with Crippen LogP contribution >= 0.6 is 0 Å². The summed E-state index contributed by atoms with van der Waals surface area (Å²) in [5, 5.41) is 10.3. The molecule has 0 radical (unpaired) electrons. The van der Waals surface area contributed by atoms with E-state index in [1.165, 1.54) is 0 Å². The molecule has 4 heteroatoms. The van der Waals surface area contributed by atoms with Gasteiger partial charge in [-0.1, -0.05) is 0 Å². The number of hydrogen-bond donors (Lipinski definition) is 1.